The van der Waals surface area contributed by atoms with E-state index in [4.69, 9.17) is 23.2 Å². The molecule has 3 rings (SSSR count). The van der Waals surface area contributed by atoms with Crippen molar-refractivity contribution < 1.29 is 17.6 Å². The first kappa shape index (κ1) is 23.8. The summed E-state index contributed by atoms with van der Waals surface area (Å²) in [5.74, 6) is -1.11. The first-order valence-corrected chi connectivity index (χ1v) is 11.6. The molecule has 1 amide bonds. The summed E-state index contributed by atoms with van der Waals surface area (Å²) in [6.45, 7) is 5.31. The van der Waals surface area contributed by atoms with Crippen molar-refractivity contribution in [2.75, 3.05) is 16.2 Å². The van der Waals surface area contributed by atoms with Crippen molar-refractivity contribution in [3.8, 4) is 0 Å². The van der Waals surface area contributed by atoms with E-state index in [0.717, 1.165) is 4.31 Å². The molecule has 0 saturated carbocycles. The van der Waals surface area contributed by atoms with E-state index in [-0.39, 0.29) is 27.7 Å². The minimum Gasteiger partial charge on any atom is -0.322 e. The van der Waals surface area contributed by atoms with Crippen molar-refractivity contribution >= 4 is 50.5 Å². The molecule has 0 aliphatic carbocycles. The van der Waals surface area contributed by atoms with Crippen LogP contribution >= 0.6 is 23.2 Å². The topological polar surface area (TPSA) is 66.5 Å². The Labute approximate surface area is 196 Å². The summed E-state index contributed by atoms with van der Waals surface area (Å²) in [6, 6.07) is 14.2. The number of hydrogen-bond acceptors (Lipinski definition) is 3. The van der Waals surface area contributed by atoms with Gasteiger partial charge in [0.25, 0.3) is 15.9 Å². The Hall–Kier alpha value is -2.87. The Morgan fingerprint density at radius 2 is 1.78 bits per heavy atom. The van der Waals surface area contributed by atoms with Gasteiger partial charge in [-0.05, 0) is 67.1 Å². The molecule has 0 bridgehead atoms. The number of nitrogens with one attached hydrogen (secondary N) is 1. The number of carbonyl (C=O) groups is 1. The van der Waals surface area contributed by atoms with Gasteiger partial charge in [-0.2, -0.15) is 0 Å². The van der Waals surface area contributed by atoms with Gasteiger partial charge in [0.1, 0.15) is 10.7 Å². The number of carbonyl (C=O) groups excluding carboxylic acids is 1. The molecule has 0 unspecified atom stereocenters. The normalized spacial score (nSPS) is 11.1. The van der Waals surface area contributed by atoms with Crippen LogP contribution in [0.15, 0.2) is 78.2 Å². The molecule has 0 saturated heterocycles. The Balaban J connectivity index is 2.00. The maximum atomic E-state index is 13.6. The first-order chi connectivity index (χ1) is 15.1. The van der Waals surface area contributed by atoms with Gasteiger partial charge < -0.3 is 5.32 Å². The molecule has 0 spiro atoms. The maximum absolute atomic E-state index is 13.6. The van der Waals surface area contributed by atoms with Gasteiger partial charge in [0.05, 0.1) is 17.3 Å². The molecule has 3 aromatic rings. The Morgan fingerprint density at radius 3 is 2.44 bits per heavy atom. The van der Waals surface area contributed by atoms with Crippen molar-refractivity contribution in [3.05, 3.63) is 100 Å². The van der Waals surface area contributed by atoms with Crippen LogP contribution in [0.1, 0.15) is 15.9 Å². The molecule has 32 heavy (non-hydrogen) atoms. The van der Waals surface area contributed by atoms with Gasteiger partial charge in [0.15, 0.2) is 0 Å². The van der Waals surface area contributed by atoms with Crippen molar-refractivity contribution in [3.63, 3.8) is 0 Å². The van der Waals surface area contributed by atoms with E-state index >= 15 is 0 Å². The highest BCUT2D eigenvalue weighted by Gasteiger charge is 2.27. The lowest BCUT2D eigenvalue weighted by Gasteiger charge is -2.24. The van der Waals surface area contributed by atoms with Gasteiger partial charge in [0.2, 0.25) is 0 Å². The smallest absolute Gasteiger partial charge is 0.266 e. The van der Waals surface area contributed by atoms with Crippen LogP contribution in [-0.2, 0) is 10.0 Å². The Morgan fingerprint density at radius 1 is 1.09 bits per heavy atom. The van der Waals surface area contributed by atoms with E-state index in [1.807, 2.05) is 0 Å². The van der Waals surface area contributed by atoms with Crippen molar-refractivity contribution in [2.45, 2.75) is 11.8 Å². The second-order valence-corrected chi connectivity index (χ2v) is 9.53. The Bertz CT molecular complexity index is 1280. The van der Waals surface area contributed by atoms with E-state index in [1.54, 1.807) is 31.2 Å². The third-order valence-electron chi connectivity index (χ3n) is 4.62. The SMILES string of the molecule is C=CCN(c1ccc(Cl)cc1)S(=O)(=O)c1cc(C(=O)Nc2cc(F)ccc2C)ccc1Cl. The molecule has 166 valence electrons. The zero-order chi connectivity index (χ0) is 23.5. The summed E-state index contributed by atoms with van der Waals surface area (Å²) >= 11 is 12.1. The maximum Gasteiger partial charge on any atom is 0.266 e. The van der Waals surface area contributed by atoms with Crippen LogP contribution in [0.5, 0.6) is 0 Å². The largest absolute Gasteiger partial charge is 0.322 e. The summed E-state index contributed by atoms with van der Waals surface area (Å²) < 4.78 is 41.5. The average molecular weight is 493 g/mol. The van der Waals surface area contributed by atoms with E-state index in [0.29, 0.717) is 16.3 Å². The fourth-order valence-corrected chi connectivity index (χ4v) is 5.02. The fraction of sp³-hybridized carbons (Fsp3) is 0.0870. The fourth-order valence-electron chi connectivity index (χ4n) is 2.95. The summed E-state index contributed by atoms with van der Waals surface area (Å²) in [5.41, 5.74) is 1.34. The molecule has 9 heteroatoms. The molecule has 0 aliphatic heterocycles. The van der Waals surface area contributed by atoms with Crippen LogP contribution in [0.2, 0.25) is 10.0 Å². The van der Waals surface area contributed by atoms with Crippen molar-refractivity contribution in [1.82, 2.24) is 0 Å². The number of benzene rings is 3. The lowest BCUT2D eigenvalue weighted by atomic mass is 10.1. The molecule has 1 N–H and O–H groups in total. The van der Waals surface area contributed by atoms with Gasteiger partial charge in [-0.25, -0.2) is 12.8 Å². The van der Waals surface area contributed by atoms with E-state index in [9.17, 15) is 17.6 Å². The van der Waals surface area contributed by atoms with Crippen LogP contribution in [0.4, 0.5) is 15.8 Å². The number of amides is 1. The van der Waals surface area contributed by atoms with Gasteiger partial charge >= 0.3 is 0 Å². The molecule has 0 aliphatic rings. The minimum atomic E-state index is -4.16. The highest BCUT2D eigenvalue weighted by atomic mass is 35.5. The van der Waals surface area contributed by atoms with Crippen molar-refractivity contribution in [1.29, 1.82) is 0 Å². The summed E-state index contributed by atoms with van der Waals surface area (Å²) in [6.07, 6.45) is 1.43. The van der Waals surface area contributed by atoms with Gasteiger partial charge in [-0.1, -0.05) is 35.3 Å². The second kappa shape index (κ2) is 9.73. The van der Waals surface area contributed by atoms with Gasteiger partial charge in [-0.15, -0.1) is 6.58 Å². The molecule has 0 aromatic heterocycles. The average Bonchev–Trinajstić information content (AvgIpc) is 2.75. The van der Waals surface area contributed by atoms with E-state index in [2.05, 4.69) is 11.9 Å². The predicted octanol–water partition coefficient (Wildman–Crippen LogP) is 6.07. The quantitative estimate of drug-likeness (QED) is 0.406. The van der Waals surface area contributed by atoms with Gasteiger partial charge in [0, 0.05) is 16.3 Å². The van der Waals surface area contributed by atoms with Crippen LogP contribution in [0.3, 0.4) is 0 Å². The molecule has 0 heterocycles. The lowest BCUT2D eigenvalue weighted by Crippen LogP contribution is -2.31. The lowest BCUT2D eigenvalue weighted by molar-refractivity contribution is 0.102. The standard InChI is InChI=1S/C23H19Cl2FN2O3S/c1-3-12-28(19-9-6-17(24)7-10-19)32(30,31)22-13-16(5-11-20(22)25)23(29)27-21-14-18(26)8-4-15(21)2/h3-11,13-14H,1,12H2,2H3,(H,27,29). The van der Waals surface area contributed by atoms with Crippen LogP contribution in [0.25, 0.3) is 0 Å². The molecular formula is C23H19Cl2FN2O3S. The molecule has 5 nitrogen and oxygen atoms in total. The number of halogens is 3. The molecular weight excluding hydrogens is 474 g/mol. The molecule has 3 aromatic carbocycles. The number of anilines is 2. The molecule has 0 atom stereocenters. The van der Waals surface area contributed by atoms with E-state index < -0.39 is 21.7 Å². The highest BCUT2D eigenvalue weighted by Crippen LogP contribution is 2.30. The van der Waals surface area contributed by atoms with Gasteiger partial charge in [-0.3, -0.25) is 9.10 Å². The third kappa shape index (κ3) is 5.12. The van der Waals surface area contributed by atoms with Crippen LogP contribution in [-0.4, -0.2) is 20.9 Å². The number of sulfonamides is 1. The predicted molar refractivity (Wildman–Crippen MR) is 127 cm³/mol. The van der Waals surface area contributed by atoms with Crippen LogP contribution < -0.4 is 9.62 Å². The zero-order valence-corrected chi connectivity index (χ0v) is 19.3. The summed E-state index contributed by atoms with van der Waals surface area (Å²) in [4.78, 5) is 12.5. The van der Waals surface area contributed by atoms with Crippen LogP contribution in [0, 0.1) is 12.7 Å². The first-order valence-electron chi connectivity index (χ1n) is 9.39. The third-order valence-corrected chi connectivity index (χ3v) is 7.15. The zero-order valence-electron chi connectivity index (χ0n) is 17.0. The summed E-state index contributed by atoms with van der Waals surface area (Å²) in [5, 5.41) is 3.00. The number of hydrogen-bond donors (Lipinski definition) is 1. The second-order valence-electron chi connectivity index (χ2n) is 6.86. The number of aryl methyl sites for hydroxylation is 1. The Kier molecular flexibility index (Phi) is 7.23. The van der Waals surface area contributed by atoms with E-state index in [1.165, 1.54) is 42.5 Å². The number of rotatable bonds is 7. The molecule has 0 fully saturated rings. The minimum absolute atomic E-state index is 0.0286. The van der Waals surface area contributed by atoms with Crippen molar-refractivity contribution in [2.24, 2.45) is 0 Å². The molecule has 0 radical (unpaired) electrons. The number of nitrogens with zero attached hydrogens (tertiary/aromatic N) is 1. The highest BCUT2D eigenvalue weighted by molar-refractivity contribution is 7.93. The summed E-state index contributed by atoms with van der Waals surface area (Å²) in [7, 11) is -4.16. The monoisotopic (exact) mass is 492 g/mol.